The predicted octanol–water partition coefficient (Wildman–Crippen LogP) is 7.15. The van der Waals surface area contributed by atoms with E-state index in [0.29, 0.717) is 52.4 Å². The van der Waals surface area contributed by atoms with Gasteiger partial charge in [-0.2, -0.15) is 0 Å². The third-order valence-corrected chi connectivity index (χ3v) is 14.0. The Morgan fingerprint density at radius 3 is 2.58 bits per heavy atom. The minimum absolute atomic E-state index is 0.0189. The Morgan fingerprint density at radius 1 is 1.04 bits per heavy atom. The van der Waals surface area contributed by atoms with Crippen molar-refractivity contribution in [2.45, 2.75) is 133 Å². The molecule has 0 spiro atoms. The normalized spacial score (nSPS) is 22.2. The number of pyridine rings is 1. The van der Waals surface area contributed by atoms with Crippen LogP contribution in [-0.4, -0.2) is 103 Å². The monoisotopic (exact) mass is 958 g/mol. The van der Waals surface area contributed by atoms with Gasteiger partial charge in [0.25, 0.3) is 15.9 Å². The van der Waals surface area contributed by atoms with Gasteiger partial charge < -0.3 is 40.4 Å². The number of hydrogen-bond donors (Lipinski definition) is 5. The lowest BCUT2D eigenvalue weighted by molar-refractivity contribution is -0.140. The van der Waals surface area contributed by atoms with Crippen molar-refractivity contribution in [2.75, 3.05) is 30.8 Å². The maximum absolute atomic E-state index is 14.8. The van der Waals surface area contributed by atoms with Crippen LogP contribution in [0.4, 0.5) is 15.6 Å². The molecule has 7 rings (SSSR count). The van der Waals surface area contributed by atoms with Gasteiger partial charge in [-0.1, -0.05) is 37.6 Å². The van der Waals surface area contributed by atoms with E-state index >= 15 is 0 Å². The summed E-state index contributed by atoms with van der Waals surface area (Å²) < 4.78 is 47.8. The average molecular weight is 959 g/mol. The summed E-state index contributed by atoms with van der Waals surface area (Å²) in [4.78, 5) is 67.5. The highest BCUT2D eigenvalue weighted by Gasteiger charge is 2.61. The van der Waals surface area contributed by atoms with Crippen molar-refractivity contribution < 1.29 is 41.8 Å². The van der Waals surface area contributed by atoms with Crippen LogP contribution in [-0.2, 0) is 29.1 Å². The number of methoxy groups -OCH3 is 1. The maximum atomic E-state index is 14.8. The third kappa shape index (κ3) is 12.0. The van der Waals surface area contributed by atoms with E-state index in [1.807, 2.05) is 44.4 Å². The minimum Gasteiger partial charge on any atom is -0.497 e. The smallest absolute Gasteiger partial charge is 0.407 e. The lowest BCUT2D eigenvalue weighted by atomic mass is 10.1. The van der Waals surface area contributed by atoms with Gasteiger partial charge in [-0.3, -0.25) is 14.4 Å². The summed E-state index contributed by atoms with van der Waals surface area (Å²) in [6, 6.07) is 12.0. The highest BCUT2D eigenvalue weighted by atomic mass is 32.2. The van der Waals surface area contributed by atoms with E-state index in [-0.39, 0.29) is 36.7 Å². The number of carbonyl (C=O) groups is 4. The number of allylic oxidation sites excluding steroid dienone is 1. The number of sulfonamides is 1. The molecule has 2 aromatic carbocycles. The molecule has 0 unspecified atom stereocenters. The van der Waals surface area contributed by atoms with Crippen molar-refractivity contribution in [3.63, 3.8) is 0 Å². The number of thiazole rings is 1. The van der Waals surface area contributed by atoms with E-state index in [1.165, 1.54) is 22.3 Å². The molecular weight excluding hydrogens is 897 g/mol. The number of carbonyl (C=O) groups excluding carboxylic acids is 4. The molecule has 0 bridgehead atoms. The second-order valence-corrected chi connectivity index (χ2v) is 21.1. The number of alkyl carbamates (subject to hydrolysis) is 1. The Morgan fingerprint density at radius 2 is 1.84 bits per heavy atom. The van der Waals surface area contributed by atoms with Gasteiger partial charge in [0.05, 0.1) is 30.6 Å². The molecule has 4 amide bonds. The topological polar surface area (TPSA) is 219 Å². The molecule has 0 radical (unpaired) electrons. The number of fused-ring (bicyclic) bond motifs is 3. The number of rotatable bonds is 12. The molecule has 19 heteroatoms. The number of anilines is 2. The maximum Gasteiger partial charge on any atom is 0.407 e. The molecule has 1 saturated heterocycles. The van der Waals surface area contributed by atoms with Crippen LogP contribution >= 0.6 is 11.3 Å². The Balaban J connectivity index is 1.20. The van der Waals surface area contributed by atoms with E-state index in [9.17, 15) is 27.6 Å². The first-order chi connectivity index (χ1) is 31.9. The van der Waals surface area contributed by atoms with Crippen LogP contribution in [0.5, 0.6) is 11.5 Å². The number of likely N-dealkylation sites (tertiary alicyclic amines) is 1. The Hall–Kier alpha value is -5.95. The van der Waals surface area contributed by atoms with Gasteiger partial charge in [0, 0.05) is 60.3 Å². The Labute approximate surface area is 396 Å². The van der Waals surface area contributed by atoms with Gasteiger partial charge >= 0.3 is 6.09 Å². The van der Waals surface area contributed by atoms with Crippen molar-refractivity contribution in [2.24, 2.45) is 5.92 Å². The zero-order chi connectivity index (χ0) is 48.1. The van der Waals surface area contributed by atoms with Gasteiger partial charge in [-0.25, -0.2) is 27.9 Å². The van der Waals surface area contributed by atoms with E-state index in [4.69, 9.17) is 24.2 Å². The number of benzene rings is 2. The molecule has 2 aliphatic heterocycles. The summed E-state index contributed by atoms with van der Waals surface area (Å²) >= 11 is 1.45. The number of nitrogens with zero attached hydrogens (tertiary/aromatic N) is 3. The van der Waals surface area contributed by atoms with Crippen molar-refractivity contribution in [1.29, 1.82) is 0 Å². The van der Waals surface area contributed by atoms with Gasteiger partial charge in [0.15, 0.2) is 5.13 Å². The molecule has 2 fully saturated rings. The summed E-state index contributed by atoms with van der Waals surface area (Å²) in [6.07, 6.45) is 6.19. The summed E-state index contributed by atoms with van der Waals surface area (Å²) in [7, 11) is -2.82. The quantitative estimate of drug-likeness (QED) is 0.0893. The summed E-state index contributed by atoms with van der Waals surface area (Å²) in [6.45, 7) is 11.6. The fraction of sp³-hybridized carbons (Fsp3) is 0.500. The summed E-state index contributed by atoms with van der Waals surface area (Å²) in [5.41, 5.74) is -0.278. The molecule has 67 heavy (non-hydrogen) atoms. The molecule has 3 aliphatic rings. The van der Waals surface area contributed by atoms with E-state index < -0.39 is 69.1 Å². The summed E-state index contributed by atoms with van der Waals surface area (Å²) in [5, 5.41) is 15.5. The molecule has 5 atom stereocenters. The van der Waals surface area contributed by atoms with Gasteiger partial charge in [0.2, 0.25) is 11.8 Å². The number of para-hydroxylation sites is 1. The third-order valence-electron chi connectivity index (χ3n) is 11.9. The number of aromatic nitrogens is 2. The van der Waals surface area contributed by atoms with Gasteiger partial charge in [-0.05, 0) is 91.0 Å². The van der Waals surface area contributed by atoms with Crippen LogP contribution in [0, 0.1) is 5.92 Å². The number of amides is 4. The highest BCUT2D eigenvalue weighted by Crippen LogP contribution is 2.46. The lowest BCUT2D eigenvalue weighted by Crippen LogP contribution is -2.56. The molecule has 4 aromatic rings. The van der Waals surface area contributed by atoms with Gasteiger partial charge in [0.1, 0.15) is 45.4 Å². The largest absolute Gasteiger partial charge is 0.497 e. The zero-order valence-corrected chi connectivity index (χ0v) is 40.8. The fourth-order valence-corrected chi connectivity index (χ4v) is 10.4. The minimum atomic E-state index is -4.39. The van der Waals surface area contributed by atoms with E-state index in [2.05, 4.69) is 26.0 Å². The second kappa shape index (κ2) is 20.5. The van der Waals surface area contributed by atoms with E-state index in [1.54, 1.807) is 64.3 Å². The highest BCUT2D eigenvalue weighted by molar-refractivity contribution is 7.90. The van der Waals surface area contributed by atoms with E-state index in [0.717, 1.165) is 30.8 Å². The SMILES string of the molecule is CC[C@@H](CC(=O)N1C[C@H](Oc2cc(-c3csc(NC(C)C)n3)nc3cc(OC)ccc23)C[C@H]1C(=O)N[C@]12C[C@H]1C=CCCCCCNc1ccccc1S(=O)(=O)NC2=O)NC(=O)OC(C)(C)C. The first kappa shape index (κ1) is 49.0. The molecule has 2 aromatic heterocycles. The first-order valence-corrected chi connectivity index (χ1v) is 25.3. The second-order valence-electron chi connectivity index (χ2n) is 18.6. The van der Waals surface area contributed by atoms with Crippen molar-refractivity contribution >= 4 is 66.9 Å². The molecule has 4 heterocycles. The van der Waals surface area contributed by atoms with Crippen LogP contribution in [0.2, 0.25) is 0 Å². The standard InChI is InChI=1S/C48H62N8O9S2/c1-8-31(51-46(60)65-47(4,5)6)22-42(57)56-27-33(64-40-25-37(38-28-66-45(53-38)50-29(2)3)52-36-23-32(63-7)19-20-34(36)40)24-39(56)43(58)54-48-26-30(48)16-12-10-9-11-15-21-49-35-17-13-14-18-41(35)67(61,62)55-44(48)59/h12-14,16-20,23,25,28-31,33,39,49H,8-11,15,21-22,24,26-27H2,1-7H3,(H,50,53)(H,51,60)(H,54,58)(H,55,59)/t30-,31+,33-,39+,48-/m1/s1. The van der Waals surface area contributed by atoms with Crippen molar-refractivity contribution in [3.05, 3.63) is 66.1 Å². The average Bonchev–Trinajstić information content (AvgIpc) is 3.52. The molecule has 360 valence electrons. The lowest BCUT2D eigenvalue weighted by Gasteiger charge is -2.28. The number of ether oxygens (including phenoxy) is 3. The molecule has 17 nitrogen and oxygen atoms in total. The van der Waals surface area contributed by atoms with Gasteiger partial charge in [-0.15, -0.1) is 11.3 Å². The fourth-order valence-electron chi connectivity index (χ4n) is 8.37. The van der Waals surface area contributed by atoms with Crippen molar-refractivity contribution in [1.82, 2.24) is 30.2 Å². The van der Waals surface area contributed by atoms with Crippen LogP contribution < -0.4 is 35.5 Å². The first-order valence-electron chi connectivity index (χ1n) is 22.9. The Kier molecular flexibility index (Phi) is 15.0. The molecule has 1 saturated carbocycles. The van der Waals surface area contributed by atoms with Crippen LogP contribution in [0.25, 0.3) is 22.3 Å². The molecule has 1 aliphatic carbocycles. The zero-order valence-electron chi connectivity index (χ0n) is 39.1. The van der Waals surface area contributed by atoms with Crippen LogP contribution in [0.1, 0.15) is 92.9 Å². The Bertz CT molecular complexity index is 2610. The molecule has 5 N–H and O–H groups in total. The predicted molar refractivity (Wildman–Crippen MR) is 258 cm³/mol. The van der Waals surface area contributed by atoms with Crippen molar-refractivity contribution in [3.8, 4) is 22.9 Å². The van der Waals surface area contributed by atoms with Crippen LogP contribution in [0.15, 0.2) is 71.0 Å². The molecular formula is C48H62N8O9S2. The number of nitrogens with one attached hydrogen (secondary N) is 5. The number of hydrogen-bond acceptors (Lipinski definition) is 14. The summed E-state index contributed by atoms with van der Waals surface area (Å²) in [5.74, 6) is -1.44. The van der Waals surface area contributed by atoms with Crippen LogP contribution in [0.3, 0.4) is 0 Å².